The lowest BCUT2D eigenvalue weighted by molar-refractivity contribution is -0.123. The van der Waals surface area contributed by atoms with Crippen LogP contribution in [-0.2, 0) is 11.3 Å². The Bertz CT molecular complexity index is 928. The van der Waals surface area contributed by atoms with Crippen LogP contribution in [0.25, 0.3) is 6.08 Å². The van der Waals surface area contributed by atoms with Gasteiger partial charge in [0.1, 0.15) is 17.7 Å². The van der Waals surface area contributed by atoms with Crippen LogP contribution >= 0.6 is 22.6 Å². The summed E-state index contributed by atoms with van der Waals surface area (Å²) in [5, 5.41) is 20.6. The maximum Gasteiger partial charge on any atom is 0.258 e. The highest BCUT2D eigenvalue weighted by molar-refractivity contribution is 14.1. The van der Waals surface area contributed by atoms with Crippen LogP contribution in [0.15, 0.2) is 48.0 Å². The van der Waals surface area contributed by atoms with Gasteiger partial charge in [0.15, 0.2) is 18.1 Å². The highest BCUT2D eigenvalue weighted by Crippen LogP contribution is 2.35. The zero-order valence-corrected chi connectivity index (χ0v) is 17.4. The Hall–Kier alpha value is -3.04. The second-order valence-corrected chi connectivity index (χ2v) is 6.76. The number of amides is 1. The first-order valence-corrected chi connectivity index (χ1v) is 9.57. The summed E-state index contributed by atoms with van der Waals surface area (Å²) in [6.45, 7) is 2.51. The molecule has 28 heavy (non-hydrogen) atoms. The van der Waals surface area contributed by atoms with E-state index in [2.05, 4.69) is 27.9 Å². The lowest BCUT2D eigenvalue weighted by atomic mass is 10.1. The molecule has 142 valence electrons. The quantitative estimate of drug-likeness (QED) is 0.452. The second-order valence-electron chi connectivity index (χ2n) is 5.60. The van der Waals surface area contributed by atoms with Crippen LogP contribution in [-0.4, -0.2) is 19.1 Å². The molecule has 0 heterocycles. The average molecular weight is 487 g/mol. The predicted molar refractivity (Wildman–Crippen MR) is 113 cm³/mol. The van der Waals surface area contributed by atoms with Crippen LogP contribution in [0, 0.1) is 26.2 Å². The fraction of sp³-hybridized carbons (Fsp3) is 0.190. The molecule has 6 nitrogen and oxygen atoms in total. The zero-order valence-electron chi connectivity index (χ0n) is 15.2. The molecule has 2 aromatic rings. The molecule has 0 saturated carbocycles. The van der Waals surface area contributed by atoms with Gasteiger partial charge in [-0.05, 0) is 58.9 Å². The fourth-order valence-electron chi connectivity index (χ4n) is 2.32. The average Bonchev–Trinajstić information content (AvgIpc) is 2.70. The van der Waals surface area contributed by atoms with Crippen molar-refractivity contribution in [1.82, 2.24) is 5.32 Å². The number of nitriles is 2. The van der Waals surface area contributed by atoms with Crippen LogP contribution in [0.2, 0.25) is 0 Å². The van der Waals surface area contributed by atoms with Gasteiger partial charge in [-0.25, -0.2) is 0 Å². The van der Waals surface area contributed by atoms with Crippen molar-refractivity contribution in [3.05, 3.63) is 62.7 Å². The number of nitrogens with zero attached hydrogens (tertiary/aromatic N) is 2. The number of rotatable bonds is 8. The summed E-state index contributed by atoms with van der Waals surface area (Å²) in [5.74, 6) is 0.652. The lowest BCUT2D eigenvalue weighted by Crippen LogP contribution is -2.28. The van der Waals surface area contributed by atoms with Gasteiger partial charge in [-0.15, -0.1) is 0 Å². The van der Waals surface area contributed by atoms with E-state index in [0.717, 1.165) is 5.56 Å². The molecular weight excluding hydrogens is 469 g/mol. The van der Waals surface area contributed by atoms with E-state index in [4.69, 9.17) is 20.0 Å². The maximum absolute atomic E-state index is 12.1. The topological polar surface area (TPSA) is 95.1 Å². The van der Waals surface area contributed by atoms with E-state index in [-0.39, 0.29) is 18.1 Å². The first kappa shape index (κ1) is 21.3. The van der Waals surface area contributed by atoms with Crippen molar-refractivity contribution in [2.75, 3.05) is 13.2 Å². The van der Waals surface area contributed by atoms with Crippen LogP contribution in [0.1, 0.15) is 18.1 Å². The largest absolute Gasteiger partial charge is 0.490 e. The smallest absolute Gasteiger partial charge is 0.258 e. The molecule has 7 heteroatoms. The van der Waals surface area contributed by atoms with Gasteiger partial charge in [-0.1, -0.05) is 30.3 Å². The van der Waals surface area contributed by atoms with Crippen LogP contribution < -0.4 is 14.8 Å². The Kier molecular flexibility index (Phi) is 8.32. The molecule has 1 amide bonds. The van der Waals surface area contributed by atoms with E-state index in [1.807, 2.05) is 49.4 Å². The molecule has 0 aliphatic heterocycles. The van der Waals surface area contributed by atoms with Crippen molar-refractivity contribution in [2.24, 2.45) is 0 Å². The molecule has 1 N–H and O–H groups in total. The molecule has 0 saturated heterocycles. The van der Waals surface area contributed by atoms with Gasteiger partial charge in [0.2, 0.25) is 0 Å². The minimum Gasteiger partial charge on any atom is -0.490 e. The Morgan fingerprint density at radius 3 is 2.54 bits per heavy atom. The molecule has 0 radical (unpaired) electrons. The third-order valence-electron chi connectivity index (χ3n) is 3.56. The molecule has 0 fully saturated rings. The Morgan fingerprint density at radius 2 is 1.89 bits per heavy atom. The molecule has 2 aromatic carbocycles. The van der Waals surface area contributed by atoms with Crippen molar-refractivity contribution in [1.29, 1.82) is 10.5 Å². The van der Waals surface area contributed by atoms with Crippen molar-refractivity contribution < 1.29 is 14.3 Å². The van der Waals surface area contributed by atoms with E-state index in [1.54, 1.807) is 12.1 Å². The number of benzene rings is 2. The minimum absolute atomic E-state index is 0.00722. The summed E-state index contributed by atoms with van der Waals surface area (Å²) in [7, 11) is 0. The third-order valence-corrected chi connectivity index (χ3v) is 4.37. The highest BCUT2D eigenvalue weighted by atomic mass is 127. The molecule has 0 spiro atoms. The van der Waals surface area contributed by atoms with Crippen molar-refractivity contribution in [3.63, 3.8) is 0 Å². The van der Waals surface area contributed by atoms with Gasteiger partial charge in [0, 0.05) is 6.54 Å². The lowest BCUT2D eigenvalue weighted by Gasteiger charge is -2.14. The summed E-state index contributed by atoms with van der Waals surface area (Å²) in [5.41, 5.74) is 1.64. The van der Waals surface area contributed by atoms with Crippen molar-refractivity contribution >= 4 is 34.6 Å². The van der Waals surface area contributed by atoms with Crippen LogP contribution in [0.5, 0.6) is 11.5 Å². The number of ether oxygens (including phenoxy) is 2. The number of carbonyl (C=O) groups is 1. The number of halogens is 1. The second kappa shape index (κ2) is 11.0. The molecular formula is C21H18IN3O3. The first-order chi connectivity index (χ1) is 13.6. The monoisotopic (exact) mass is 487 g/mol. The fourth-order valence-corrected chi connectivity index (χ4v) is 3.10. The van der Waals surface area contributed by atoms with E-state index in [9.17, 15) is 4.79 Å². The minimum atomic E-state index is -0.248. The highest BCUT2D eigenvalue weighted by Gasteiger charge is 2.14. The number of carbonyl (C=O) groups excluding carboxylic acids is 1. The van der Waals surface area contributed by atoms with Gasteiger partial charge in [-0.2, -0.15) is 10.5 Å². The van der Waals surface area contributed by atoms with E-state index in [1.165, 1.54) is 6.08 Å². The van der Waals surface area contributed by atoms with Crippen LogP contribution in [0.4, 0.5) is 0 Å². The third kappa shape index (κ3) is 6.29. The predicted octanol–water partition coefficient (Wildman–Crippen LogP) is 3.82. The van der Waals surface area contributed by atoms with E-state index < -0.39 is 0 Å². The molecule has 0 atom stereocenters. The van der Waals surface area contributed by atoms with Crippen molar-refractivity contribution in [2.45, 2.75) is 13.5 Å². The summed E-state index contributed by atoms with van der Waals surface area (Å²) < 4.78 is 12.0. The van der Waals surface area contributed by atoms with E-state index in [0.29, 0.717) is 33.8 Å². The normalized spacial score (nSPS) is 9.57. The van der Waals surface area contributed by atoms with Gasteiger partial charge in [-0.3, -0.25) is 4.79 Å². The molecule has 0 unspecified atom stereocenters. The standard InChI is InChI=1S/C21H18IN3O3/c1-2-27-19-10-16(8-17(11-23)12-24)9-18(22)21(19)28-14-20(26)25-13-15-6-4-3-5-7-15/h3-10H,2,13-14H2,1H3,(H,25,26). The Labute approximate surface area is 177 Å². The summed E-state index contributed by atoms with van der Waals surface area (Å²) in [6.07, 6.45) is 1.47. The zero-order chi connectivity index (χ0) is 20.4. The molecule has 0 aliphatic rings. The number of nitrogens with one attached hydrogen (secondary N) is 1. The molecule has 2 rings (SSSR count). The van der Waals surface area contributed by atoms with E-state index >= 15 is 0 Å². The van der Waals surface area contributed by atoms with Crippen LogP contribution in [0.3, 0.4) is 0 Å². The van der Waals surface area contributed by atoms with Gasteiger partial charge in [0.25, 0.3) is 5.91 Å². The summed E-state index contributed by atoms with van der Waals surface area (Å²) >= 11 is 2.07. The SMILES string of the molecule is CCOc1cc(C=C(C#N)C#N)cc(I)c1OCC(=O)NCc1ccccc1. The summed E-state index contributed by atoms with van der Waals surface area (Å²) in [4.78, 5) is 12.1. The number of hydrogen-bond donors (Lipinski definition) is 1. The molecule has 0 bridgehead atoms. The Morgan fingerprint density at radius 1 is 1.18 bits per heavy atom. The number of allylic oxidation sites excluding steroid dienone is 1. The summed E-state index contributed by atoms with van der Waals surface area (Å²) in [6, 6.07) is 16.7. The van der Waals surface area contributed by atoms with Gasteiger partial charge in [0.05, 0.1) is 10.2 Å². The molecule has 0 aliphatic carbocycles. The van der Waals surface area contributed by atoms with Gasteiger partial charge < -0.3 is 14.8 Å². The van der Waals surface area contributed by atoms with Gasteiger partial charge >= 0.3 is 0 Å². The first-order valence-electron chi connectivity index (χ1n) is 8.49. The maximum atomic E-state index is 12.1. The number of hydrogen-bond acceptors (Lipinski definition) is 5. The van der Waals surface area contributed by atoms with Crippen molar-refractivity contribution in [3.8, 4) is 23.6 Å². The Balaban J connectivity index is 2.09. The molecule has 0 aromatic heterocycles.